The highest BCUT2D eigenvalue weighted by atomic mass is 16.8. The average Bonchev–Trinajstić information content (AvgIpc) is 3.22. The lowest BCUT2D eigenvalue weighted by atomic mass is 10.1. The first-order chi connectivity index (χ1) is 13.5. The maximum Gasteiger partial charge on any atom is 0.314 e. The zero-order valence-corrected chi connectivity index (χ0v) is 14.6. The number of hydrogen-bond donors (Lipinski definition) is 4. The summed E-state index contributed by atoms with van der Waals surface area (Å²) in [6.07, 6.45) is 2.81. The van der Waals surface area contributed by atoms with Gasteiger partial charge in [-0.3, -0.25) is 20.0 Å². The van der Waals surface area contributed by atoms with Gasteiger partial charge in [0, 0.05) is 17.4 Å². The summed E-state index contributed by atoms with van der Waals surface area (Å²) in [6, 6.07) is 10.4. The van der Waals surface area contributed by atoms with Crippen LogP contribution in [0.4, 0.5) is 17.1 Å². The van der Waals surface area contributed by atoms with E-state index in [1.165, 1.54) is 44.0 Å². The Balaban J connectivity index is 1.70. The molecule has 0 spiro atoms. The van der Waals surface area contributed by atoms with Crippen molar-refractivity contribution in [1.82, 2.24) is 4.98 Å². The monoisotopic (exact) mass is 384 g/mol. The lowest BCUT2D eigenvalue weighted by Gasteiger charge is -2.11. The topological polar surface area (TPSA) is 137 Å². The lowest BCUT2D eigenvalue weighted by Crippen LogP contribution is -2.29. The molecule has 0 atom stereocenters. The van der Waals surface area contributed by atoms with Gasteiger partial charge in [-0.1, -0.05) is 6.07 Å². The minimum absolute atomic E-state index is 0.0194. The zero-order chi connectivity index (χ0) is 20.1. The van der Waals surface area contributed by atoms with Crippen molar-refractivity contribution in [2.24, 2.45) is 0 Å². The number of aromatic nitrogens is 1. The van der Waals surface area contributed by atoms with Crippen molar-refractivity contribution in [3.8, 4) is 17.1 Å². The minimum atomic E-state index is -0.933. The first kappa shape index (κ1) is 18.9. The Morgan fingerprint density at radius 3 is 2.39 bits per heavy atom. The first-order valence-corrected chi connectivity index (χ1v) is 7.95. The summed E-state index contributed by atoms with van der Waals surface area (Å²) in [5.41, 5.74) is 1.21. The fourth-order valence-electron chi connectivity index (χ4n) is 2.41. The predicted molar refractivity (Wildman–Crippen MR) is 98.2 cm³/mol. The molecule has 10 nitrogen and oxygen atoms in total. The van der Waals surface area contributed by atoms with Gasteiger partial charge in [0.15, 0.2) is 12.2 Å². The Hall–Kier alpha value is -3.89. The number of rotatable bonds is 5. The van der Waals surface area contributed by atoms with Gasteiger partial charge in [-0.05, 0) is 30.3 Å². The number of nitrogens with one attached hydrogen (secondary N) is 2. The number of hydrogen-bond acceptors (Lipinski definition) is 8. The van der Waals surface area contributed by atoms with E-state index in [1.54, 1.807) is 18.2 Å². The molecule has 1 aromatic heterocycles. The van der Waals surface area contributed by atoms with Crippen LogP contribution in [0, 0.1) is 0 Å². The van der Waals surface area contributed by atoms with Crippen molar-refractivity contribution in [3.05, 3.63) is 55.1 Å². The van der Waals surface area contributed by atoms with E-state index in [4.69, 9.17) is 19.6 Å². The number of oxazole rings is 1. The Kier molecular flexibility index (Phi) is 5.53. The van der Waals surface area contributed by atoms with Gasteiger partial charge in [0.05, 0.1) is 24.6 Å². The van der Waals surface area contributed by atoms with Crippen molar-refractivity contribution in [3.63, 3.8) is 0 Å². The van der Waals surface area contributed by atoms with E-state index < -0.39 is 11.8 Å². The Labute approximate surface area is 158 Å². The van der Waals surface area contributed by atoms with Gasteiger partial charge in [-0.25, -0.2) is 4.98 Å². The van der Waals surface area contributed by atoms with Crippen LogP contribution in [0.2, 0.25) is 0 Å². The largest absolute Gasteiger partial charge is 0.496 e. The first-order valence-electron chi connectivity index (χ1n) is 7.95. The van der Waals surface area contributed by atoms with Crippen LogP contribution in [0.3, 0.4) is 0 Å². The number of ether oxygens (including phenoxy) is 1. The SMILES string of the molecule is COc1cc(NC(=O)C(=O)Nc2cccc(N(O)O)c2)ccc1-c1cnco1. The van der Waals surface area contributed by atoms with Gasteiger partial charge >= 0.3 is 11.8 Å². The molecule has 0 unspecified atom stereocenters. The summed E-state index contributed by atoms with van der Waals surface area (Å²) in [6.45, 7) is 0. The summed E-state index contributed by atoms with van der Waals surface area (Å²) in [5, 5.41) is 22.7. The van der Waals surface area contributed by atoms with E-state index in [1.807, 2.05) is 0 Å². The Bertz CT molecular complexity index is 988. The van der Waals surface area contributed by atoms with E-state index in [-0.39, 0.29) is 16.6 Å². The van der Waals surface area contributed by atoms with Gasteiger partial charge in [0.1, 0.15) is 5.75 Å². The quantitative estimate of drug-likeness (QED) is 0.389. The highest BCUT2D eigenvalue weighted by Crippen LogP contribution is 2.32. The molecule has 3 aromatic rings. The van der Waals surface area contributed by atoms with Crippen LogP contribution in [0.15, 0.2) is 59.5 Å². The number of carbonyl (C=O) groups excluding carboxylic acids is 2. The van der Waals surface area contributed by atoms with Crippen LogP contribution in [0.5, 0.6) is 5.75 Å². The molecule has 2 aromatic carbocycles. The van der Waals surface area contributed by atoms with Crippen molar-refractivity contribution < 1.29 is 29.2 Å². The molecule has 0 bridgehead atoms. The predicted octanol–water partition coefficient (Wildman–Crippen LogP) is 2.51. The fourth-order valence-corrected chi connectivity index (χ4v) is 2.41. The highest BCUT2D eigenvalue weighted by Gasteiger charge is 2.16. The third-order valence-electron chi connectivity index (χ3n) is 3.70. The molecule has 2 amide bonds. The molecule has 0 saturated heterocycles. The molecule has 4 N–H and O–H groups in total. The van der Waals surface area contributed by atoms with Gasteiger partial charge in [-0.15, -0.1) is 5.23 Å². The third-order valence-corrected chi connectivity index (χ3v) is 3.70. The summed E-state index contributed by atoms with van der Waals surface area (Å²) in [4.78, 5) is 28.1. The van der Waals surface area contributed by atoms with Crippen LogP contribution < -0.4 is 20.6 Å². The second kappa shape index (κ2) is 8.20. The van der Waals surface area contributed by atoms with Crippen molar-refractivity contribution >= 4 is 28.9 Å². The lowest BCUT2D eigenvalue weighted by molar-refractivity contribution is -0.132. The van der Waals surface area contributed by atoms with Crippen LogP contribution in [0.25, 0.3) is 11.3 Å². The molecule has 0 saturated carbocycles. The summed E-state index contributed by atoms with van der Waals surface area (Å²) in [7, 11) is 1.46. The Morgan fingerprint density at radius 1 is 1.07 bits per heavy atom. The molecular weight excluding hydrogens is 368 g/mol. The minimum Gasteiger partial charge on any atom is -0.496 e. The van der Waals surface area contributed by atoms with E-state index in [2.05, 4.69) is 15.6 Å². The molecule has 10 heteroatoms. The number of nitrogens with zero attached hydrogens (tertiary/aromatic N) is 2. The number of methoxy groups -OCH3 is 1. The highest BCUT2D eigenvalue weighted by molar-refractivity contribution is 6.43. The molecule has 144 valence electrons. The maximum atomic E-state index is 12.1. The molecule has 28 heavy (non-hydrogen) atoms. The molecule has 0 aliphatic carbocycles. The van der Waals surface area contributed by atoms with Crippen molar-refractivity contribution in [2.45, 2.75) is 0 Å². The summed E-state index contributed by atoms with van der Waals surface area (Å²) in [5.74, 6) is -0.926. The Morgan fingerprint density at radius 2 is 1.79 bits per heavy atom. The number of anilines is 3. The van der Waals surface area contributed by atoms with Crippen LogP contribution >= 0.6 is 0 Å². The van der Waals surface area contributed by atoms with Gasteiger partial charge in [0.25, 0.3) is 0 Å². The molecular formula is C18H16N4O6. The standard InChI is InChI=1S/C18H16N4O6/c1-27-15-8-12(5-6-14(15)16-9-19-10-28-16)21-18(24)17(23)20-11-3-2-4-13(7-11)22(25)26/h2-10,25-26H,1H3,(H,20,23)(H,21,24). The second-order valence-electron chi connectivity index (χ2n) is 5.53. The number of amides is 2. The smallest absolute Gasteiger partial charge is 0.314 e. The molecule has 0 radical (unpaired) electrons. The molecule has 1 heterocycles. The third kappa shape index (κ3) is 4.26. The van der Waals surface area contributed by atoms with Crippen LogP contribution in [-0.4, -0.2) is 34.3 Å². The number of carbonyl (C=O) groups is 2. The van der Waals surface area contributed by atoms with Crippen molar-refractivity contribution in [1.29, 1.82) is 0 Å². The normalized spacial score (nSPS) is 10.2. The molecule has 3 rings (SSSR count). The summed E-state index contributed by atoms with van der Waals surface area (Å²) < 4.78 is 10.5. The average molecular weight is 384 g/mol. The molecule has 0 aliphatic heterocycles. The second-order valence-corrected chi connectivity index (χ2v) is 5.53. The van der Waals surface area contributed by atoms with E-state index >= 15 is 0 Å². The maximum absolute atomic E-state index is 12.1. The van der Waals surface area contributed by atoms with Crippen LogP contribution in [0.1, 0.15) is 0 Å². The van der Waals surface area contributed by atoms with Gasteiger partial charge in [0.2, 0.25) is 0 Å². The van der Waals surface area contributed by atoms with E-state index in [0.29, 0.717) is 22.8 Å². The zero-order valence-electron chi connectivity index (χ0n) is 14.6. The van der Waals surface area contributed by atoms with E-state index in [0.717, 1.165) is 0 Å². The van der Waals surface area contributed by atoms with E-state index in [9.17, 15) is 9.59 Å². The number of benzene rings is 2. The van der Waals surface area contributed by atoms with Gasteiger partial charge < -0.3 is 19.8 Å². The molecule has 0 fully saturated rings. The summed E-state index contributed by atoms with van der Waals surface area (Å²) >= 11 is 0. The van der Waals surface area contributed by atoms with Crippen LogP contribution in [-0.2, 0) is 9.59 Å². The fraction of sp³-hybridized carbons (Fsp3) is 0.0556. The molecule has 0 aliphatic rings. The van der Waals surface area contributed by atoms with Crippen molar-refractivity contribution in [2.75, 3.05) is 23.0 Å². The van der Waals surface area contributed by atoms with Gasteiger partial charge in [-0.2, -0.15) is 0 Å².